The molecule has 1 heterocycles. The molecule has 118 valence electrons. The summed E-state index contributed by atoms with van der Waals surface area (Å²) in [6.07, 6.45) is 0.604. The van der Waals surface area contributed by atoms with Crippen molar-refractivity contribution >= 4 is 0 Å². The molecule has 0 bridgehead atoms. The number of hydrogen-bond acceptors (Lipinski definition) is 3. The lowest BCUT2D eigenvalue weighted by Gasteiger charge is -2.10. The van der Waals surface area contributed by atoms with E-state index in [1.807, 2.05) is 4.68 Å². The number of nitrogens with two attached hydrogens (primary N) is 1. The first-order valence-corrected chi connectivity index (χ1v) is 7.53. The van der Waals surface area contributed by atoms with Gasteiger partial charge in [0.2, 0.25) is 0 Å². The van der Waals surface area contributed by atoms with Gasteiger partial charge in [0.1, 0.15) is 11.5 Å². The lowest BCUT2D eigenvalue weighted by molar-refractivity contribution is 0.627. The zero-order valence-corrected chi connectivity index (χ0v) is 13.3. The second-order valence-corrected chi connectivity index (χ2v) is 5.75. The molecule has 0 aliphatic heterocycles. The van der Waals surface area contributed by atoms with Gasteiger partial charge in [0, 0.05) is 13.0 Å². The van der Waals surface area contributed by atoms with E-state index in [1.54, 1.807) is 12.1 Å². The number of hydrogen-bond donors (Lipinski definition) is 1. The molecule has 0 spiro atoms. The number of nitrogens with zero attached hydrogens (tertiary/aromatic N) is 3. The van der Waals surface area contributed by atoms with Crippen molar-refractivity contribution in [3.05, 3.63) is 76.4 Å². The fourth-order valence-corrected chi connectivity index (χ4v) is 2.74. The number of aryl methyl sites for hydroxylation is 2. The van der Waals surface area contributed by atoms with E-state index < -0.39 is 0 Å². The van der Waals surface area contributed by atoms with Crippen molar-refractivity contribution in [1.29, 1.82) is 0 Å². The van der Waals surface area contributed by atoms with Crippen molar-refractivity contribution in [1.82, 2.24) is 15.0 Å². The van der Waals surface area contributed by atoms with E-state index in [9.17, 15) is 4.39 Å². The summed E-state index contributed by atoms with van der Waals surface area (Å²) in [4.78, 5) is 0. The van der Waals surface area contributed by atoms with Crippen molar-refractivity contribution in [2.24, 2.45) is 5.73 Å². The molecule has 2 N–H and O–H groups in total. The summed E-state index contributed by atoms with van der Waals surface area (Å²) in [5, 5.41) is 8.46. The maximum absolute atomic E-state index is 13.1. The molecule has 0 unspecified atom stereocenters. The molecule has 0 amide bonds. The van der Waals surface area contributed by atoms with Crippen LogP contribution < -0.4 is 5.73 Å². The highest BCUT2D eigenvalue weighted by Crippen LogP contribution is 2.19. The number of rotatable bonds is 4. The third-order valence-corrected chi connectivity index (χ3v) is 3.77. The van der Waals surface area contributed by atoms with E-state index in [-0.39, 0.29) is 5.82 Å². The van der Waals surface area contributed by atoms with Crippen molar-refractivity contribution in [3.8, 4) is 5.69 Å². The van der Waals surface area contributed by atoms with Crippen LogP contribution in [-0.4, -0.2) is 15.0 Å². The molecule has 1 aromatic heterocycles. The van der Waals surface area contributed by atoms with Gasteiger partial charge < -0.3 is 5.73 Å². The molecule has 2 aromatic carbocycles. The van der Waals surface area contributed by atoms with Crippen molar-refractivity contribution < 1.29 is 4.39 Å². The van der Waals surface area contributed by atoms with Crippen LogP contribution in [0, 0.1) is 19.7 Å². The first-order valence-electron chi connectivity index (χ1n) is 7.53. The molecular formula is C18H19FN4. The monoisotopic (exact) mass is 310 g/mol. The van der Waals surface area contributed by atoms with Crippen LogP contribution in [0.1, 0.15) is 28.1 Å². The van der Waals surface area contributed by atoms with E-state index in [0.29, 0.717) is 13.0 Å². The topological polar surface area (TPSA) is 56.7 Å². The summed E-state index contributed by atoms with van der Waals surface area (Å²) in [6, 6.07) is 12.7. The minimum atomic E-state index is -0.242. The first kappa shape index (κ1) is 15.4. The molecule has 0 saturated carbocycles. The standard InChI is InChI=1S/C18H19FN4/c1-12-7-13(2)9-16(8-12)23-18(17(11-20)21-22-23)10-14-3-5-15(19)6-4-14/h3-9H,10-11,20H2,1-2H3. The van der Waals surface area contributed by atoms with Crippen LogP contribution >= 0.6 is 0 Å². The molecule has 0 saturated heterocycles. The van der Waals surface area contributed by atoms with Gasteiger partial charge in [-0.2, -0.15) is 0 Å². The summed E-state index contributed by atoms with van der Waals surface area (Å²) < 4.78 is 14.9. The zero-order chi connectivity index (χ0) is 16.4. The fourth-order valence-electron chi connectivity index (χ4n) is 2.74. The normalized spacial score (nSPS) is 11.0. The van der Waals surface area contributed by atoms with Gasteiger partial charge in [0.25, 0.3) is 0 Å². The highest BCUT2D eigenvalue weighted by Gasteiger charge is 2.14. The third kappa shape index (κ3) is 3.29. The molecule has 0 aliphatic carbocycles. The van der Waals surface area contributed by atoms with Gasteiger partial charge in [-0.15, -0.1) is 5.10 Å². The second kappa shape index (κ2) is 6.30. The van der Waals surface area contributed by atoms with E-state index in [4.69, 9.17) is 5.73 Å². The Hall–Kier alpha value is -2.53. The predicted octanol–water partition coefficient (Wildman–Crippen LogP) is 3.07. The van der Waals surface area contributed by atoms with Crippen LogP contribution in [0.25, 0.3) is 5.69 Å². The smallest absolute Gasteiger partial charge is 0.123 e. The SMILES string of the molecule is Cc1cc(C)cc(-n2nnc(CN)c2Cc2ccc(F)cc2)c1. The maximum Gasteiger partial charge on any atom is 0.123 e. The van der Waals surface area contributed by atoms with Gasteiger partial charge in [0.15, 0.2) is 0 Å². The van der Waals surface area contributed by atoms with Crippen molar-refractivity contribution in [2.75, 3.05) is 0 Å². The highest BCUT2D eigenvalue weighted by molar-refractivity contribution is 5.41. The molecule has 23 heavy (non-hydrogen) atoms. The van der Waals surface area contributed by atoms with Crippen LogP contribution in [0.15, 0.2) is 42.5 Å². The van der Waals surface area contributed by atoms with Crippen LogP contribution in [0.2, 0.25) is 0 Å². The number of halogens is 1. The quantitative estimate of drug-likeness (QED) is 0.805. The van der Waals surface area contributed by atoms with Crippen LogP contribution in [0.3, 0.4) is 0 Å². The molecular weight excluding hydrogens is 291 g/mol. The Morgan fingerprint density at radius 3 is 2.30 bits per heavy atom. The molecule has 5 heteroatoms. The third-order valence-electron chi connectivity index (χ3n) is 3.77. The molecule has 3 rings (SSSR count). The van der Waals surface area contributed by atoms with Crippen LogP contribution in [-0.2, 0) is 13.0 Å². The highest BCUT2D eigenvalue weighted by atomic mass is 19.1. The summed E-state index contributed by atoms with van der Waals surface area (Å²) in [5.74, 6) is -0.242. The Labute approximate surface area is 134 Å². The average molecular weight is 310 g/mol. The minimum Gasteiger partial charge on any atom is -0.325 e. The van der Waals surface area contributed by atoms with Crippen LogP contribution in [0.4, 0.5) is 4.39 Å². The Morgan fingerprint density at radius 2 is 1.70 bits per heavy atom. The van der Waals surface area contributed by atoms with E-state index in [2.05, 4.69) is 42.4 Å². The van der Waals surface area contributed by atoms with Gasteiger partial charge in [-0.05, 0) is 54.8 Å². The second-order valence-electron chi connectivity index (χ2n) is 5.75. The van der Waals surface area contributed by atoms with Gasteiger partial charge >= 0.3 is 0 Å². The number of aromatic nitrogens is 3. The van der Waals surface area contributed by atoms with Gasteiger partial charge in [0.05, 0.1) is 11.4 Å². The summed E-state index contributed by atoms with van der Waals surface area (Å²) in [6.45, 7) is 4.43. The molecule has 4 nitrogen and oxygen atoms in total. The average Bonchev–Trinajstić information content (AvgIpc) is 2.91. The molecule has 0 aliphatic rings. The summed E-state index contributed by atoms with van der Waals surface area (Å²) in [5.41, 5.74) is 11.8. The van der Waals surface area contributed by atoms with Gasteiger partial charge in [-0.25, -0.2) is 9.07 Å². The Morgan fingerprint density at radius 1 is 1.04 bits per heavy atom. The fraction of sp³-hybridized carbons (Fsp3) is 0.222. The minimum absolute atomic E-state index is 0.242. The molecule has 0 fully saturated rings. The Balaban J connectivity index is 2.04. The van der Waals surface area contributed by atoms with E-state index in [0.717, 1.165) is 33.8 Å². The summed E-state index contributed by atoms with van der Waals surface area (Å²) in [7, 11) is 0. The van der Waals surface area contributed by atoms with Gasteiger partial charge in [-0.1, -0.05) is 23.4 Å². The van der Waals surface area contributed by atoms with E-state index >= 15 is 0 Å². The first-order chi connectivity index (χ1) is 11.1. The Kier molecular flexibility index (Phi) is 4.21. The molecule has 0 atom stereocenters. The lowest BCUT2D eigenvalue weighted by atomic mass is 10.1. The zero-order valence-electron chi connectivity index (χ0n) is 13.3. The van der Waals surface area contributed by atoms with Crippen molar-refractivity contribution in [3.63, 3.8) is 0 Å². The lowest BCUT2D eigenvalue weighted by Crippen LogP contribution is -2.07. The maximum atomic E-state index is 13.1. The van der Waals surface area contributed by atoms with Crippen LogP contribution in [0.5, 0.6) is 0 Å². The number of benzene rings is 2. The Bertz CT molecular complexity index is 801. The predicted molar refractivity (Wildman–Crippen MR) is 87.9 cm³/mol. The van der Waals surface area contributed by atoms with Gasteiger partial charge in [-0.3, -0.25) is 0 Å². The largest absolute Gasteiger partial charge is 0.325 e. The molecule has 3 aromatic rings. The van der Waals surface area contributed by atoms with E-state index in [1.165, 1.54) is 12.1 Å². The summed E-state index contributed by atoms with van der Waals surface area (Å²) >= 11 is 0. The van der Waals surface area contributed by atoms with Crippen molar-refractivity contribution in [2.45, 2.75) is 26.8 Å². The molecule has 0 radical (unpaired) electrons.